The maximum absolute atomic E-state index is 11.8. The number of ether oxygens (including phenoxy) is 3. The lowest BCUT2D eigenvalue weighted by molar-refractivity contribution is -0.143. The lowest BCUT2D eigenvalue weighted by Crippen LogP contribution is -2.32. The van der Waals surface area contributed by atoms with Crippen LogP contribution >= 0.6 is 0 Å². The highest BCUT2D eigenvalue weighted by atomic mass is 16.5. The lowest BCUT2D eigenvalue weighted by atomic mass is 10.0. The molecule has 0 amide bonds. The number of hydrogen-bond donors (Lipinski definition) is 1. The van der Waals surface area contributed by atoms with Gasteiger partial charge in [0.25, 0.3) is 0 Å². The predicted molar refractivity (Wildman–Crippen MR) is 77.3 cm³/mol. The molecule has 1 fully saturated rings. The largest absolute Gasteiger partial charge is 0.496 e. The molecule has 0 aromatic heterocycles. The molecular weight excluding hydrogens is 274 g/mol. The van der Waals surface area contributed by atoms with E-state index >= 15 is 0 Å². The van der Waals surface area contributed by atoms with Gasteiger partial charge in [-0.1, -0.05) is 0 Å². The Morgan fingerprint density at radius 2 is 1.62 bits per heavy atom. The van der Waals surface area contributed by atoms with Gasteiger partial charge in [0, 0.05) is 12.1 Å². The molecule has 0 aliphatic carbocycles. The molecule has 1 aliphatic heterocycles. The molecule has 1 aromatic rings. The minimum Gasteiger partial charge on any atom is -0.496 e. The van der Waals surface area contributed by atoms with Crippen molar-refractivity contribution in [3.8, 4) is 17.2 Å². The zero-order chi connectivity index (χ0) is 15.4. The highest BCUT2D eigenvalue weighted by molar-refractivity contribution is 5.78. The van der Waals surface area contributed by atoms with Crippen LogP contribution in [0, 0.1) is 0 Å². The Kier molecular flexibility index (Phi) is 4.90. The summed E-state index contributed by atoms with van der Waals surface area (Å²) in [5.74, 6) is 0.590. The molecule has 0 saturated carbocycles. The Morgan fingerprint density at radius 3 is 2.00 bits per heavy atom. The molecule has 116 valence electrons. The summed E-state index contributed by atoms with van der Waals surface area (Å²) in [6.45, 7) is 1.52. The second-order valence-electron chi connectivity index (χ2n) is 4.93. The van der Waals surface area contributed by atoms with Gasteiger partial charge in [0.2, 0.25) is 0 Å². The third-order valence-corrected chi connectivity index (χ3v) is 3.77. The summed E-state index contributed by atoms with van der Waals surface area (Å²) in [4.78, 5) is 13.7. The van der Waals surface area contributed by atoms with Crippen molar-refractivity contribution in [2.45, 2.75) is 18.9 Å². The Balaban J connectivity index is 2.54. The van der Waals surface area contributed by atoms with Gasteiger partial charge in [-0.25, -0.2) is 0 Å². The number of carboxylic acid groups (broad SMARTS) is 1. The first-order chi connectivity index (χ1) is 10.1. The lowest BCUT2D eigenvalue weighted by Gasteiger charge is -2.27. The molecule has 0 spiro atoms. The van der Waals surface area contributed by atoms with Gasteiger partial charge in [0.1, 0.15) is 23.3 Å². The summed E-state index contributed by atoms with van der Waals surface area (Å²) >= 11 is 0. The maximum Gasteiger partial charge on any atom is 0.325 e. The molecule has 6 nitrogen and oxygen atoms in total. The standard InChI is InChI=1S/C15H21NO5/c1-19-10-8-11(20-2)13(12(9-10)21-3)14(15(17)18)16-6-4-5-7-16/h8-9,14H,4-7H2,1-3H3,(H,17,18). The van der Waals surface area contributed by atoms with Crippen LogP contribution in [-0.4, -0.2) is 50.4 Å². The van der Waals surface area contributed by atoms with Crippen LogP contribution in [0.4, 0.5) is 0 Å². The van der Waals surface area contributed by atoms with E-state index < -0.39 is 12.0 Å². The molecule has 0 radical (unpaired) electrons. The molecule has 1 unspecified atom stereocenters. The summed E-state index contributed by atoms with van der Waals surface area (Å²) in [5, 5.41) is 9.67. The van der Waals surface area contributed by atoms with Crippen molar-refractivity contribution in [1.82, 2.24) is 4.90 Å². The van der Waals surface area contributed by atoms with Crippen molar-refractivity contribution in [1.29, 1.82) is 0 Å². The van der Waals surface area contributed by atoms with E-state index in [1.54, 1.807) is 19.2 Å². The van der Waals surface area contributed by atoms with Crippen molar-refractivity contribution in [3.63, 3.8) is 0 Å². The highest BCUT2D eigenvalue weighted by Crippen LogP contribution is 2.41. The Bertz CT molecular complexity index is 486. The van der Waals surface area contributed by atoms with E-state index in [2.05, 4.69) is 0 Å². The van der Waals surface area contributed by atoms with E-state index in [1.807, 2.05) is 4.90 Å². The van der Waals surface area contributed by atoms with Crippen molar-refractivity contribution < 1.29 is 24.1 Å². The molecule has 21 heavy (non-hydrogen) atoms. The fourth-order valence-electron chi connectivity index (χ4n) is 2.76. The van der Waals surface area contributed by atoms with Crippen molar-refractivity contribution in [2.24, 2.45) is 0 Å². The molecule has 1 aliphatic rings. The van der Waals surface area contributed by atoms with Gasteiger partial charge in [-0.05, 0) is 25.9 Å². The summed E-state index contributed by atoms with van der Waals surface area (Å²) in [6, 6.07) is 2.59. The number of likely N-dealkylation sites (tertiary alicyclic amines) is 1. The fourth-order valence-corrected chi connectivity index (χ4v) is 2.76. The average molecular weight is 295 g/mol. The van der Waals surface area contributed by atoms with Gasteiger partial charge in [-0.15, -0.1) is 0 Å². The van der Waals surface area contributed by atoms with Crippen LogP contribution in [0.2, 0.25) is 0 Å². The van der Waals surface area contributed by atoms with Crippen LogP contribution in [0.5, 0.6) is 17.2 Å². The van der Waals surface area contributed by atoms with E-state index in [1.165, 1.54) is 14.2 Å². The third-order valence-electron chi connectivity index (χ3n) is 3.77. The van der Waals surface area contributed by atoms with E-state index in [0.29, 0.717) is 22.8 Å². The van der Waals surface area contributed by atoms with Gasteiger partial charge in [-0.2, -0.15) is 0 Å². The van der Waals surface area contributed by atoms with Gasteiger partial charge in [-0.3, -0.25) is 9.69 Å². The van der Waals surface area contributed by atoms with E-state index in [9.17, 15) is 9.90 Å². The summed E-state index contributed by atoms with van der Waals surface area (Å²) < 4.78 is 15.9. The normalized spacial score (nSPS) is 16.5. The number of carboxylic acids is 1. The molecule has 1 heterocycles. The first-order valence-electron chi connectivity index (χ1n) is 6.89. The van der Waals surface area contributed by atoms with Crippen molar-refractivity contribution in [3.05, 3.63) is 17.7 Å². The van der Waals surface area contributed by atoms with E-state index in [0.717, 1.165) is 25.9 Å². The molecular formula is C15H21NO5. The fraction of sp³-hybridized carbons (Fsp3) is 0.533. The second kappa shape index (κ2) is 6.67. The van der Waals surface area contributed by atoms with Gasteiger partial charge < -0.3 is 19.3 Å². The van der Waals surface area contributed by atoms with Crippen LogP contribution < -0.4 is 14.2 Å². The van der Waals surface area contributed by atoms with Crippen LogP contribution in [-0.2, 0) is 4.79 Å². The Hall–Kier alpha value is -1.95. The summed E-state index contributed by atoms with van der Waals surface area (Å²) in [7, 11) is 4.57. The highest BCUT2D eigenvalue weighted by Gasteiger charge is 2.34. The number of carbonyl (C=O) groups is 1. The number of benzene rings is 1. The van der Waals surface area contributed by atoms with Crippen LogP contribution in [0.25, 0.3) is 0 Å². The first kappa shape index (κ1) is 15.4. The molecule has 2 rings (SSSR count). The molecule has 0 bridgehead atoms. The minimum absolute atomic E-state index is 0.463. The monoisotopic (exact) mass is 295 g/mol. The number of nitrogens with zero attached hydrogens (tertiary/aromatic N) is 1. The number of aliphatic carboxylic acids is 1. The smallest absolute Gasteiger partial charge is 0.325 e. The molecule has 1 aromatic carbocycles. The zero-order valence-electron chi connectivity index (χ0n) is 12.6. The Morgan fingerprint density at radius 1 is 1.10 bits per heavy atom. The van der Waals surface area contributed by atoms with Gasteiger partial charge in [0.05, 0.1) is 26.9 Å². The van der Waals surface area contributed by atoms with Crippen LogP contribution in [0.1, 0.15) is 24.4 Å². The molecule has 1 N–H and O–H groups in total. The topological polar surface area (TPSA) is 68.2 Å². The summed E-state index contributed by atoms with van der Waals surface area (Å²) in [5.41, 5.74) is 0.537. The SMILES string of the molecule is COc1cc(OC)c(C(C(=O)O)N2CCCC2)c(OC)c1. The molecule has 1 saturated heterocycles. The first-order valence-corrected chi connectivity index (χ1v) is 6.89. The van der Waals surface area contributed by atoms with Gasteiger partial charge >= 0.3 is 5.97 Å². The van der Waals surface area contributed by atoms with E-state index in [4.69, 9.17) is 14.2 Å². The second-order valence-corrected chi connectivity index (χ2v) is 4.93. The minimum atomic E-state index is -0.904. The van der Waals surface area contributed by atoms with Crippen molar-refractivity contribution >= 4 is 5.97 Å². The van der Waals surface area contributed by atoms with Gasteiger partial charge in [0.15, 0.2) is 0 Å². The molecule has 1 atom stereocenters. The summed E-state index contributed by atoms with van der Waals surface area (Å²) in [6.07, 6.45) is 2.01. The zero-order valence-corrected chi connectivity index (χ0v) is 12.6. The molecule has 6 heteroatoms. The number of rotatable bonds is 6. The van der Waals surface area contributed by atoms with Crippen LogP contribution in [0.15, 0.2) is 12.1 Å². The third kappa shape index (κ3) is 3.05. The predicted octanol–water partition coefficient (Wildman–Crippen LogP) is 1.93. The van der Waals surface area contributed by atoms with Crippen molar-refractivity contribution in [2.75, 3.05) is 34.4 Å². The average Bonchev–Trinajstić information content (AvgIpc) is 3.00. The quantitative estimate of drug-likeness (QED) is 0.865. The Labute approximate surface area is 124 Å². The number of hydrogen-bond acceptors (Lipinski definition) is 5. The van der Waals surface area contributed by atoms with Crippen LogP contribution in [0.3, 0.4) is 0 Å². The maximum atomic E-state index is 11.8. The van der Waals surface area contributed by atoms with E-state index in [-0.39, 0.29) is 0 Å². The number of methoxy groups -OCH3 is 3.